The number of pyridine rings is 1. The maximum Gasteiger partial charge on any atom is 0.144 e. The molecule has 0 amide bonds. The van der Waals surface area contributed by atoms with E-state index in [1.807, 2.05) is 31.6 Å². The molecule has 0 radical (unpaired) electrons. The van der Waals surface area contributed by atoms with Crippen molar-refractivity contribution in [2.45, 2.75) is 38.0 Å². The van der Waals surface area contributed by atoms with Crippen molar-refractivity contribution in [3.8, 4) is 0 Å². The number of nitrogens with one attached hydrogen (secondary N) is 1. The molecule has 0 atom stereocenters. The van der Waals surface area contributed by atoms with Crippen LogP contribution in [0.4, 0.5) is 5.82 Å². The summed E-state index contributed by atoms with van der Waals surface area (Å²) in [6, 6.07) is 4.03. The van der Waals surface area contributed by atoms with Gasteiger partial charge in [-0.1, -0.05) is 12.8 Å². The van der Waals surface area contributed by atoms with E-state index in [0.717, 1.165) is 28.2 Å². The van der Waals surface area contributed by atoms with Gasteiger partial charge in [0.05, 0.1) is 10.2 Å². The lowest BCUT2D eigenvalue weighted by Gasteiger charge is -2.15. The smallest absolute Gasteiger partial charge is 0.144 e. The SMILES string of the molecule is CNc1nc(Cc2ccncc2)nc(C2CCCC2)c1Br. The Kier molecular flexibility index (Phi) is 4.48. The van der Waals surface area contributed by atoms with E-state index in [0.29, 0.717) is 5.92 Å². The second-order valence-electron chi connectivity index (χ2n) is 5.45. The van der Waals surface area contributed by atoms with E-state index in [-0.39, 0.29) is 0 Å². The highest BCUT2D eigenvalue weighted by molar-refractivity contribution is 9.10. The average Bonchev–Trinajstić information content (AvgIpc) is 3.04. The summed E-state index contributed by atoms with van der Waals surface area (Å²) in [5.41, 5.74) is 2.35. The highest BCUT2D eigenvalue weighted by atomic mass is 79.9. The van der Waals surface area contributed by atoms with Crippen molar-refractivity contribution in [2.24, 2.45) is 0 Å². The lowest BCUT2D eigenvalue weighted by Crippen LogP contribution is -2.08. The molecule has 2 heterocycles. The van der Waals surface area contributed by atoms with Crippen molar-refractivity contribution >= 4 is 21.7 Å². The average molecular weight is 347 g/mol. The molecule has 0 spiro atoms. The molecule has 0 aliphatic heterocycles. The Labute approximate surface area is 133 Å². The summed E-state index contributed by atoms with van der Waals surface area (Å²) in [5.74, 6) is 2.32. The largest absolute Gasteiger partial charge is 0.372 e. The van der Waals surface area contributed by atoms with Crippen molar-refractivity contribution in [1.82, 2.24) is 15.0 Å². The van der Waals surface area contributed by atoms with E-state index >= 15 is 0 Å². The predicted octanol–water partition coefficient (Wildman–Crippen LogP) is 3.92. The molecule has 1 aliphatic rings. The van der Waals surface area contributed by atoms with Gasteiger partial charge in [-0.2, -0.15) is 0 Å². The van der Waals surface area contributed by atoms with Crippen molar-refractivity contribution in [2.75, 3.05) is 12.4 Å². The Balaban J connectivity index is 1.95. The van der Waals surface area contributed by atoms with Crippen molar-refractivity contribution in [1.29, 1.82) is 0 Å². The van der Waals surface area contributed by atoms with Crippen LogP contribution in [0.15, 0.2) is 29.0 Å². The number of rotatable bonds is 4. The van der Waals surface area contributed by atoms with E-state index in [4.69, 9.17) is 4.98 Å². The van der Waals surface area contributed by atoms with Gasteiger partial charge in [0.15, 0.2) is 0 Å². The number of halogens is 1. The summed E-state index contributed by atoms with van der Waals surface area (Å²) < 4.78 is 1.02. The lowest BCUT2D eigenvalue weighted by atomic mass is 10.0. The first-order chi connectivity index (χ1) is 10.3. The summed E-state index contributed by atoms with van der Waals surface area (Å²) in [5, 5.41) is 3.17. The molecule has 110 valence electrons. The zero-order valence-electron chi connectivity index (χ0n) is 12.1. The third-order valence-electron chi connectivity index (χ3n) is 4.01. The van der Waals surface area contributed by atoms with Crippen LogP contribution in [0.5, 0.6) is 0 Å². The molecule has 1 saturated carbocycles. The second kappa shape index (κ2) is 6.52. The molecular formula is C16H19BrN4. The monoisotopic (exact) mass is 346 g/mol. The molecule has 0 bridgehead atoms. The van der Waals surface area contributed by atoms with Gasteiger partial charge in [-0.05, 0) is 46.5 Å². The fraction of sp³-hybridized carbons (Fsp3) is 0.438. The van der Waals surface area contributed by atoms with Crippen LogP contribution < -0.4 is 5.32 Å². The Morgan fingerprint density at radius 2 is 1.90 bits per heavy atom. The summed E-state index contributed by atoms with van der Waals surface area (Å²) in [4.78, 5) is 13.5. The Morgan fingerprint density at radius 1 is 1.19 bits per heavy atom. The van der Waals surface area contributed by atoms with Gasteiger partial charge >= 0.3 is 0 Å². The molecule has 2 aromatic rings. The molecule has 2 aromatic heterocycles. The maximum absolute atomic E-state index is 4.84. The maximum atomic E-state index is 4.84. The molecule has 0 aromatic carbocycles. The van der Waals surface area contributed by atoms with Crippen molar-refractivity contribution < 1.29 is 0 Å². The van der Waals surface area contributed by atoms with E-state index in [2.05, 4.69) is 31.2 Å². The fourth-order valence-corrected chi connectivity index (χ4v) is 3.61. The molecule has 1 fully saturated rings. The van der Waals surface area contributed by atoms with Crippen molar-refractivity contribution in [3.63, 3.8) is 0 Å². The molecule has 0 unspecified atom stereocenters. The zero-order valence-corrected chi connectivity index (χ0v) is 13.7. The lowest BCUT2D eigenvalue weighted by molar-refractivity contribution is 0.682. The number of hydrogen-bond acceptors (Lipinski definition) is 4. The molecule has 5 heteroatoms. The first kappa shape index (κ1) is 14.4. The molecule has 0 saturated heterocycles. The summed E-state index contributed by atoms with van der Waals surface area (Å²) in [6.07, 6.45) is 9.42. The van der Waals surface area contributed by atoms with E-state index in [1.54, 1.807) is 0 Å². The van der Waals surface area contributed by atoms with Crippen LogP contribution in [0.3, 0.4) is 0 Å². The molecule has 4 nitrogen and oxygen atoms in total. The summed E-state index contributed by atoms with van der Waals surface area (Å²) >= 11 is 3.67. The first-order valence-corrected chi connectivity index (χ1v) is 8.20. The minimum atomic E-state index is 0.561. The third-order valence-corrected chi connectivity index (χ3v) is 4.80. The Hall–Kier alpha value is -1.49. The minimum Gasteiger partial charge on any atom is -0.372 e. The highest BCUT2D eigenvalue weighted by Crippen LogP contribution is 2.38. The first-order valence-electron chi connectivity index (χ1n) is 7.41. The molecule has 21 heavy (non-hydrogen) atoms. The van der Waals surface area contributed by atoms with E-state index in [9.17, 15) is 0 Å². The topological polar surface area (TPSA) is 50.7 Å². The minimum absolute atomic E-state index is 0.561. The molecule has 1 aliphatic carbocycles. The van der Waals surface area contributed by atoms with Gasteiger partial charge in [0, 0.05) is 31.8 Å². The fourth-order valence-electron chi connectivity index (χ4n) is 2.91. The van der Waals surface area contributed by atoms with Crippen molar-refractivity contribution in [3.05, 3.63) is 46.1 Å². The standard InChI is InChI=1S/C16H19BrN4/c1-18-16-14(17)15(12-4-2-3-5-12)20-13(21-16)10-11-6-8-19-9-7-11/h6-9,12H,2-5,10H2,1H3,(H,18,20,21). The quantitative estimate of drug-likeness (QED) is 0.911. The zero-order chi connectivity index (χ0) is 14.7. The molecule has 3 rings (SSSR count). The third kappa shape index (κ3) is 3.23. The molecular weight excluding hydrogens is 328 g/mol. The second-order valence-corrected chi connectivity index (χ2v) is 6.24. The van der Waals surface area contributed by atoms with Crippen LogP contribution in [0.1, 0.15) is 48.7 Å². The van der Waals surface area contributed by atoms with Gasteiger partial charge < -0.3 is 5.32 Å². The van der Waals surface area contributed by atoms with Gasteiger partial charge in [0.2, 0.25) is 0 Å². The van der Waals surface area contributed by atoms with Crippen LogP contribution in [-0.2, 0) is 6.42 Å². The van der Waals surface area contributed by atoms with E-state index in [1.165, 1.54) is 31.2 Å². The van der Waals surface area contributed by atoms with E-state index < -0.39 is 0 Å². The number of anilines is 1. The van der Waals surface area contributed by atoms with Crippen LogP contribution in [0, 0.1) is 0 Å². The van der Waals surface area contributed by atoms with Crippen LogP contribution in [0.25, 0.3) is 0 Å². The van der Waals surface area contributed by atoms with Gasteiger partial charge in [0.1, 0.15) is 11.6 Å². The number of nitrogens with zero attached hydrogens (tertiary/aromatic N) is 3. The van der Waals surface area contributed by atoms with Gasteiger partial charge in [0.25, 0.3) is 0 Å². The summed E-state index contributed by atoms with van der Waals surface area (Å²) in [7, 11) is 1.90. The normalized spacial score (nSPS) is 15.3. The van der Waals surface area contributed by atoms with Gasteiger partial charge in [-0.25, -0.2) is 9.97 Å². The van der Waals surface area contributed by atoms with Gasteiger partial charge in [-0.15, -0.1) is 0 Å². The molecule has 1 N–H and O–H groups in total. The predicted molar refractivity (Wildman–Crippen MR) is 87.5 cm³/mol. The van der Waals surface area contributed by atoms with Gasteiger partial charge in [-0.3, -0.25) is 4.98 Å². The van der Waals surface area contributed by atoms with Crippen LogP contribution in [0.2, 0.25) is 0 Å². The highest BCUT2D eigenvalue weighted by Gasteiger charge is 2.23. The number of aromatic nitrogens is 3. The van der Waals surface area contributed by atoms with Crippen LogP contribution in [-0.4, -0.2) is 22.0 Å². The Morgan fingerprint density at radius 3 is 2.57 bits per heavy atom. The summed E-state index contributed by atoms with van der Waals surface area (Å²) in [6.45, 7) is 0. The number of hydrogen-bond donors (Lipinski definition) is 1. The Bertz CT molecular complexity index is 609. The van der Waals surface area contributed by atoms with Crippen LogP contribution >= 0.6 is 15.9 Å².